The fraction of sp³-hybridized carbons (Fsp3) is 0.727. The molecule has 2 bridgehead atoms. The SMILES string of the molecule is O=C1CC(C2CC3C=CC2C3)CN1. The molecule has 2 nitrogen and oxygen atoms in total. The predicted molar refractivity (Wildman–Crippen MR) is 50.0 cm³/mol. The zero-order valence-corrected chi connectivity index (χ0v) is 7.70. The summed E-state index contributed by atoms with van der Waals surface area (Å²) >= 11 is 0. The van der Waals surface area contributed by atoms with Gasteiger partial charge in [0.15, 0.2) is 0 Å². The van der Waals surface area contributed by atoms with Crippen LogP contribution in [-0.2, 0) is 4.79 Å². The normalized spacial score (nSPS) is 47.2. The summed E-state index contributed by atoms with van der Waals surface area (Å²) in [6.45, 7) is 0.931. The van der Waals surface area contributed by atoms with Crippen molar-refractivity contribution in [1.29, 1.82) is 0 Å². The third-order valence-electron chi connectivity index (χ3n) is 3.94. The van der Waals surface area contributed by atoms with Crippen LogP contribution in [0.15, 0.2) is 12.2 Å². The van der Waals surface area contributed by atoms with Crippen LogP contribution in [0.4, 0.5) is 0 Å². The quantitative estimate of drug-likeness (QED) is 0.602. The zero-order chi connectivity index (χ0) is 8.84. The summed E-state index contributed by atoms with van der Waals surface area (Å²) in [6, 6.07) is 0. The summed E-state index contributed by atoms with van der Waals surface area (Å²) in [6.07, 6.45) is 8.21. The number of amides is 1. The van der Waals surface area contributed by atoms with Gasteiger partial charge in [-0.1, -0.05) is 12.2 Å². The van der Waals surface area contributed by atoms with Gasteiger partial charge >= 0.3 is 0 Å². The minimum absolute atomic E-state index is 0.261. The van der Waals surface area contributed by atoms with Crippen LogP contribution < -0.4 is 5.32 Å². The number of carbonyl (C=O) groups is 1. The van der Waals surface area contributed by atoms with E-state index in [4.69, 9.17) is 0 Å². The van der Waals surface area contributed by atoms with E-state index >= 15 is 0 Å². The Morgan fingerprint density at radius 2 is 2.23 bits per heavy atom. The Morgan fingerprint density at radius 3 is 2.77 bits per heavy atom. The first-order chi connectivity index (χ1) is 6.33. The molecule has 13 heavy (non-hydrogen) atoms. The highest BCUT2D eigenvalue weighted by molar-refractivity contribution is 5.78. The van der Waals surface area contributed by atoms with E-state index < -0.39 is 0 Å². The standard InChI is InChI=1S/C11H15NO/c13-11-5-9(6-12-11)10-4-7-1-2-8(10)3-7/h1-2,7-10H,3-6H2,(H,12,13). The molecule has 0 aromatic heterocycles. The van der Waals surface area contributed by atoms with Crippen molar-refractivity contribution in [3.05, 3.63) is 12.2 Å². The van der Waals surface area contributed by atoms with Gasteiger partial charge in [0.1, 0.15) is 0 Å². The van der Waals surface area contributed by atoms with Gasteiger partial charge in [0.2, 0.25) is 5.91 Å². The molecule has 1 aliphatic heterocycles. The number of rotatable bonds is 1. The van der Waals surface area contributed by atoms with Crippen LogP contribution in [0.1, 0.15) is 19.3 Å². The highest BCUT2D eigenvalue weighted by atomic mass is 16.1. The molecule has 1 heterocycles. The van der Waals surface area contributed by atoms with Gasteiger partial charge in [-0.15, -0.1) is 0 Å². The van der Waals surface area contributed by atoms with Crippen molar-refractivity contribution in [3.8, 4) is 0 Å². The highest BCUT2D eigenvalue weighted by Crippen LogP contribution is 2.47. The van der Waals surface area contributed by atoms with Gasteiger partial charge in [0.05, 0.1) is 0 Å². The van der Waals surface area contributed by atoms with Gasteiger partial charge in [-0.25, -0.2) is 0 Å². The van der Waals surface area contributed by atoms with Crippen molar-refractivity contribution < 1.29 is 4.79 Å². The maximum absolute atomic E-state index is 11.1. The van der Waals surface area contributed by atoms with Crippen LogP contribution in [0.3, 0.4) is 0 Å². The van der Waals surface area contributed by atoms with Crippen molar-refractivity contribution in [3.63, 3.8) is 0 Å². The summed E-state index contributed by atoms with van der Waals surface area (Å²) in [5.41, 5.74) is 0. The Hall–Kier alpha value is -0.790. The lowest BCUT2D eigenvalue weighted by Gasteiger charge is -2.23. The molecule has 2 aliphatic carbocycles. The summed E-state index contributed by atoms with van der Waals surface area (Å²) in [7, 11) is 0. The van der Waals surface area contributed by atoms with Crippen molar-refractivity contribution in [2.45, 2.75) is 19.3 Å². The van der Waals surface area contributed by atoms with E-state index in [9.17, 15) is 4.79 Å². The number of allylic oxidation sites excluding steroid dienone is 2. The summed E-state index contributed by atoms with van der Waals surface area (Å²) < 4.78 is 0. The molecule has 4 atom stereocenters. The minimum Gasteiger partial charge on any atom is -0.356 e. The van der Waals surface area contributed by atoms with Gasteiger partial charge in [-0.2, -0.15) is 0 Å². The largest absolute Gasteiger partial charge is 0.356 e. The lowest BCUT2D eigenvalue weighted by atomic mass is 9.81. The number of carbonyl (C=O) groups excluding carboxylic acids is 1. The van der Waals surface area contributed by atoms with Crippen LogP contribution in [-0.4, -0.2) is 12.5 Å². The topological polar surface area (TPSA) is 29.1 Å². The Labute approximate surface area is 78.4 Å². The molecule has 2 heteroatoms. The molecule has 0 aromatic rings. The molecule has 2 fully saturated rings. The number of fused-ring (bicyclic) bond motifs is 2. The molecule has 1 N–H and O–H groups in total. The molecule has 1 amide bonds. The molecular formula is C11H15NO. The predicted octanol–water partition coefficient (Wildman–Crippen LogP) is 1.33. The van der Waals surface area contributed by atoms with Crippen molar-refractivity contribution in [2.75, 3.05) is 6.54 Å². The second kappa shape index (κ2) is 2.60. The molecule has 70 valence electrons. The lowest BCUT2D eigenvalue weighted by molar-refractivity contribution is -0.119. The van der Waals surface area contributed by atoms with Crippen molar-refractivity contribution in [2.24, 2.45) is 23.7 Å². The first kappa shape index (κ1) is 7.60. The van der Waals surface area contributed by atoms with Crippen molar-refractivity contribution in [1.82, 2.24) is 5.32 Å². The van der Waals surface area contributed by atoms with E-state index in [2.05, 4.69) is 17.5 Å². The summed E-state index contributed by atoms with van der Waals surface area (Å²) in [5.74, 6) is 3.33. The average molecular weight is 177 g/mol. The fourth-order valence-corrected chi connectivity index (χ4v) is 3.30. The van der Waals surface area contributed by atoms with Crippen molar-refractivity contribution >= 4 is 5.91 Å². The Bertz CT molecular complexity index is 271. The van der Waals surface area contributed by atoms with E-state index in [-0.39, 0.29) is 5.91 Å². The third-order valence-corrected chi connectivity index (χ3v) is 3.94. The lowest BCUT2D eigenvalue weighted by Crippen LogP contribution is -2.21. The third kappa shape index (κ3) is 1.11. The van der Waals surface area contributed by atoms with Gasteiger partial charge in [-0.05, 0) is 36.5 Å². The molecule has 0 radical (unpaired) electrons. The molecule has 3 rings (SSSR count). The molecular weight excluding hydrogens is 162 g/mol. The van der Waals surface area contributed by atoms with E-state index in [1.54, 1.807) is 0 Å². The summed E-state index contributed by atoms with van der Waals surface area (Å²) in [5, 5.41) is 2.94. The number of hydrogen-bond acceptors (Lipinski definition) is 1. The Morgan fingerprint density at radius 1 is 1.31 bits per heavy atom. The maximum Gasteiger partial charge on any atom is 0.220 e. The van der Waals surface area contributed by atoms with Crippen LogP contribution >= 0.6 is 0 Å². The van der Waals surface area contributed by atoms with Gasteiger partial charge in [0, 0.05) is 13.0 Å². The zero-order valence-electron chi connectivity index (χ0n) is 7.70. The summed E-state index contributed by atoms with van der Waals surface area (Å²) in [4.78, 5) is 11.1. The minimum atomic E-state index is 0.261. The van der Waals surface area contributed by atoms with E-state index in [0.717, 1.165) is 30.7 Å². The number of nitrogens with one attached hydrogen (secondary N) is 1. The first-order valence-electron chi connectivity index (χ1n) is 5.28. The van der Waals surface area contributed by atoms with E-state index in [1.807, 2.05) is 0 Å². The molecule has 1 saturated carbocycles. The van der Waals surface area contributed by atoms with E-state index in [0.29, 0.717) is 5.92 Å². The number of hydrogen-bond donors (Lipinski definition) is 1. The van der Waals surface area contributed by atoms with Gasteiger partial charge in [0.25, 0.3) is 0 Å². The Balaban J connectivity index is 1.73. The highest BCUT2D eigenvalue weighted by Gasteiger charge is 2.41. The van der Waals surface area contributed by atoms with E-state index in [1.165, 1.54) is 12.8 Å². The van der Waals surface area contributed by atoms with Gasteiger partial charge in [-0.3, -0.25) is 4.79 Å². The molecule has 3 aliphatic rings. The Kier molecular flexibility index (Phi) is 1.52. The van der Waals surface area contributed by atoms with Gasteiger partial charge < -0.3 is 5.32 Å². The maximum atomic E-state index is 11.1. The second-order valence-electron chi connectivity index (χ2n) is 4.71. The molecule has 4 unspecified atom stereocenters. The van der Waals surface area contributed by atoms with Crippen LogP contribution in [0, 0.1) is 23.7 Å². The molecule has 1 saturated heterocycles. The second-order valence-corrected chi connectivity index (χ2v) is 4.71. The fourth-order valence-electron chi connectivity index (χ4n) is 3.30. The monoisotopic (exact) mass is 177 g/mol. The van der Waals surface area contributed by atoms with Crippen LogP contribution in [0.2, 0.25) is 0 Å². The van der Waals surface area contributed by atoms with Crippen LogP contribution in [0.25, 0.3) is 0 Å². The smallest absolute Gasteiger partial charge is 0.220 e. The first-order valence-corrected chi connectivity index (χ1v) is 5.28. The molecule has 0 aromatic carbocycles. The van der Waals surface area contributed by atoms with Crippen LogP contribution in [0.5, 0.6) is 0 Å². The average Bonchev–Trinajstić information content (AvgIpc) is 2.77. The molecule has 0 spiro atoms.